The monoisotopic (exact) mass is 348 g/mol. The average Bonchev–Trinajstić information content (AvgIpc) is 2.85. The molecule has 128 valence electrons. The lowest BCUT2D eigenvalue weighted by Gasteiger charge is -2.18. The Morgan fingerprint density at radius 2 is 1.96 bits per heavy atom. The highest BCUT2D eigenvalue weighted by Crippen LogP contribution is 2.30. The molecule has 24 heavy (non-hydrogen) atoms. The van der Waals surface area contributed by atoms with Crippen molar-refractivity contribution in [1.82, 2.24) is 10.4 Å². The standard InChI is InChI=1S/C16H20N4O3S/c1-10(19-20-15(22)23-16(2,3)4)12-13(21)18-14(24-12)17-11-8-6-5-7-9-11/h5-9,21H,1-4H3,(H,17,18)(H,20,22)/b19-10+. The number of carbonyl (C=O) groups is 1. The third kappa shape index (κ3) is 5.24. The molecular weight excluding hydrogens is 328 g/mol. The number of nitrogens with one attached hydrogen (secondary N) is 2. The maximum absolute atomic E-state index is 11.6. The van der Waals surface area contributed by atoms with Crippen LogP contribution in [0.25, 0.3) is 0 Å². The number of rotatable bonds is 4. The van der Waals surface area contributed by atoms with Crippen molar-refractivity contribution in [3.63, 3.8) is 0 Å². The number of ether oxygens (including phenoxy) is 1. The first-order valence-corrected chi connectivity index (χ1v) is 8.12. The number of thiazole rings is 1. The van der Waals surface area contributed by atoms with Gasteiger partial charge in [0.25, 0.3) is 0 Å². The summed E-state index contributed by atoms with van der Waals surface area (Å²) in [6, 6.07) is 9.49. The number of hydrogen-bond donors (Lipinski definition) is 3. The lowest BCUT2D eigenvalue weighted by Crippen LogP contribution is -2.30. The molecule has 0 fully saturated rings. The lowest BCUT2D eigenvalue weighted by atomic mass is 10.2. The molecule has 0 bridgehead atoms. The van der Waals surface area contributed by atoms with E-state index in [0.29, 0.717) is 15.7 Å². The summed E-state index contributed by atoms with van der Waals surface area (Å²) in [5.74, 6) is -0.148. The number of amides is 1. The third-order valence-electron chi connectivity index (χ3n) is 2.68. The van der Waals surface area contributed by atoms with Gasteiger partial charge in [-0.15, -0.1) is 0 Å². The first kappa shape index (κ1) is 17.7. The van der Waals surface area contributed by atoms with Gasteiger partial charge in [-0.05, 0) is 39.8 Å². The van der Waals surface area contributed by atoms with Crippen LogP contribution in [0.15, 0.2) is 35.4 Å². The molecule has 1 heterocycles. The number of hydrogen-bond acceptors (Lipinski definition) is 7. The van der Waals surface area contributed by atoms with Crippen LogP contribution in [-0.2, 0) is 4.74 Å². The van der Waals surface area contributed by atoms with Crippen molar-refractivity contribution < 1.29 is 14.6 Å². The number of anilines is 2. The van der Waals surface area contributed by atoms with Crippen molar-refractivity contribution in [2.75, 3.05) is 5.32 Å². The quantitative estimate of drug-likeness (QED) is 0.576. The van der Waals surface area contributed by atoms with E-state index in [0.717, 1.165) is 5.69 Å². The van der Waals surface area contributed by atoms with Crippen molar-refractivity contribution in [2.24, 2.45) is 5.10 Å². The molecule has 7 nitrogen and oxygen atoms in total. The zero-order chi connectivity index (χ0) is 17.7. The van der Waals surface area contributed by atoms with Gasteiger partial charge in [0.2, 0.25) is 5.88 Å². The van der Waals surface area contributed by atoms with Crippen LogP contribution >= 0.6 is 11.3 Å². The van der Waals surface area contributed by atoms with Gasteiger partial charge in [-0.2, -0.15) is 10.1 Å². The second kappa shape index (κ2) is 7.31. The Hall–Kier alpha value is -2.61. The largest absolute Gasteiger partial charge is 0.492 e. The molecule has 1 amide bonds. The summed E-state index contributed by atoms with van der Waals surface area (Å²) >= 11 is 1.23. The maximum Gasteiger partial charge on any atom is 0.428 e. The molecule has 0 aliphatic heterocycles. The topological polar surface area (TPSA) is 95.8 Å². The number of hydrazone groups is 1. The van der Waals surface area contributed by atoms with Gasteiger partial charge in [0, 0.05) is 5.69 Å². The highest BCUT2D eigenvalue weighted by Gasteiger charge is 2.17. The van der Waals surface area contributed by atoms with Crippen LogP contribution in [0.4, 0.5) is 15.6 Å². The fraction of sp³-hybridized carbons (Fsp3) is 0.312. The molecule has 0 spiro atoms. The SMILES string of the molecule is C/C(=N\NC(=O)OC(C)(C)C)c1sc(Nc2ccccc2)nc1O. The minimum atomic E-state index is -0.659. The van der Waals surface area contributed by atoms with Crippen LogP contribution in [-0.4, -0.2) is 27.5 Å². The molecular formula is C16H20N4O3S. The molecule has 8 heteroatoms. The summed E-state index contributed by atoms with van der Waals surface area (Å²) in [5, 5.41) is 17.5. The van der Waals surface area contributed by atoms with Gasteiger partial charge >= 0.3 is 6.09 Å². The number of nitrogens with zero attached hydrogens (tertiary/aromatic N) is 2. The van der Waals surface area contributed by atoms with Crippen LogP contribution in [0.2, 0.25) is 0 Å². The van der Waals surface area contributed by atoms with E-state index < -0.39 is 11.7 Å². The van der Waals surface area contributed by atoms with Gasteiger partial charge in [-0.1, -0.05) is 29.5 Å². The fourth-order valence-electron chi connectivity index (χ4n) is 1.73. The summed E-state index contributed by atoms with van der Waals surface area (Å²) in [7, 11) is 0. The Balaban J connectivity index is 2.06. The highest BCUT2D eigenvalue weighted by molar-refractivity contribution is 7.18. The van der Waals surface area contributed by atoms with Crippen LogP contribution in [0.1, 0.15) is 32.6 Å². The zero-order valence-corrected chi connectivity index (χ0v) is 14.8. The fourth-order valence-corrected chi connectivity index (χ4v) is 2.55. The second-order valence-electron chi connectivity index (χ2n) is 5.97. The molecule has 3 N–H and O–H groups in total. The van der Waals surface area contributed by atoms with E-state index >= 15 is 0 Å². The van der Waals surface area contributed by atoms with Crippen LogP contribution in [0.5, 0.6) is 5.88 Å². The molecule has 0 radical (unpaired) electrons. The Morgan fingerprint density at radius 3 is 2.58 bits per heavy atom. The van der Waals surface area contributed by atoms with Crippen LogP contribution < -0.4 is 10.7 Å². The van der Waals surface area contributed by atoms with Gasteiger partial charge < -0.3 is 15.2 Å². The van der Waals surface area contributed by atoms with E-state index in [2.05, 4.69) is 20.8 Å². The molecule has 1 aromatic carbocycles. The molecule has 0 atom stereocenters. The van der Waals surface area contributed by atoms with E-state index in [4.69, 9.17) is 4.74 Å². The van der Waals surface area contributed by atoms with E-state index in [1.165, 1.54) is 11.3 Å². The second-order valence-corrected chi connectivity index (χ2v) is 6.97. The van der Waals surface area contributed by atoms with Crippen molar-refractivity contribution in [3.05, 3.63) is 35.2 Å². The molecule has 2 rings (SSSR count). The Kier molecular flexibility index (Phi) is 5.40. The molecule has 0 saturated heterocycles. The predicted octanol–water partition coefficient (Wildman–Crippen LogP) is 3.84. The number of aromatic hydroxyl groups is 1. The molecule has 0 saturated carbocycles. The first-order chi connectivity index (χ1) is 11.2. The van der Waals surface area contributed by atoms with Crippen LogP contribution in [0.3, 0.4) is 0 Å². The Bertz CT molecular complexity index is 736. The van der Waals surface area contributed by atoms with E-state index in [-0.39, 0.29) is 5.88 Å². The third-order valence-corrected chi connectivity index (χ3v) is 3.75. The summed E-state index contributed by atoms with van der Waals surface area (Å²) in [4.78, 5) is 16.1. The number of carbonyl (C=O) groups excluding carboxylic acids is 1. The summed E-state index contributed by atoms with van der Waals surface area (Å²) in [5.41, 5.74) is 2.98. The average molecular weight is 348 g/mol. The normalized spacial score (nSPS) is 11.9. The van der Waals surface area contributed by atoms with Crippen molar-refractivity contribution in [1.29, 1.82) is 0 Å². The predicted molar refractivity (Wildman–Crippen MR) is 95.1 cm³/mol. The smallest absolute Gasteiger partial charge is 0.428 e. The van der Waals surface area contributed by atoms with Gasteiger partial charge in [0.15, 0.2) is 5.13 Å². The number of benzene rings is 1. The van der Waals surface area contributed by atoms with Gasteiger partial charge in [-0.3, -0.25) is 0 Å². The lowest BCUT2D eigenvalue weighted by molar-refractivity contribution is 0.0529. The summed E-state index contributed by atoms with van der Waals surface area (Å²) in [6.45, 7) is 6.95. The van der Waals surface area contributed by atoms with Gasteiger partial charge in [0.05, 0.1) is 5.71 Å². The van der Waals surface area contributed by atoms with Crippen molar-refractivity contribution >= 4 is 34.0 Å². The summed E-state index contributed by atoms with van der Waals surface area (Å²) in [6.07, 6.45) is -0.659. The van der Waals surface area contributed by atoms with Crippen LogP contribution in [0, 0.1) is 0 Å². The molecule has 0 unspecified atom stereocenters. The van der Waals surface area contributed by atoms with E-state index in [9.17, 15) is 9.90 Å². The van der Waals surface area contributed by atoms with Crippen molar-refractivity contribution in [3.8, 4) is 5.88 Å². The van der Waals surface area contributed by atoms with Crippen molar-refractivity contribution in [2.45, 2.75) is 33.3 Å². The number of aromatic nitrogens is 1. The Labute approximate surface area is 144 Å². The van der Waals surface area contributed by atoms with E-state index in [1.807, 2.05) is 30.3 Å². The maximum atomic E-state index is 11.6. The zero-order valence-electron chi connectivity index (χ0n) is 14.0. The molecule has 0 aliphatic rings. The molecule has 0 aliphatic carbocycles. The minimum Gasteiger partial charge on any atom is -0.492 e. The first-order valence-electron chi connectivity index (χ1n) is 7.30. The molecule has 2 aromatic rings. The highest BCUT2D eigenvalue weighted by atomic mass is 32.1. The Morgan fingerprint density at radius 1 is 1.29 bits per heavy atom. The van der Waals surface area contributed by atoms with Gasteiger partial charge in [0.1, 0.15) is 10.5 Å². The van der Waals surface area contributed by atoms with E-state index in [1.54, 1.807) is 27.7 Å². The minimum absolute atomic E-state index is 0.148. The molecule has 1 aromatic heterocycles. The summed E-state index contributed by atoms with van der Waals surface area (Å²) < 4.78 is 5.09. The van der Waals surface area contributed by atoms with Gasteiger partial charge in [-0.25, -0.2) is 10.2 Å². The number of para-hydroxylation sites is 1.